The monoisotopic (exact) mass is 228 g/mol. The van der Waals surface area contributed by atoms with Gasteiger partial charge in [0.25, 0.3) is 0 Å². The summed E-state index contributed by atoms with van der Waals surface area (Å²) in [4.78, 5) is 11.4. The van der Waals surface area contributed by atoms with Crippen LogP contribution in [0.25, 0.3) is 0 Å². The SMILES string of the molecule is CCOC(=O)C(Cl)c1ccccc1OC. The van der Waals surface area contributed by atoms with Gasteiger partial charge in [-0.15, -0.1) is 11.6 Å². The fourth-order valence-corrected chi connectivity index (χ4v) is 1.46. The van der Waals surface area contributed by atoms with Crippen molar-refractivity contribution >= 4 is 17.6 Å². The molecule has 0 radical (unpaired) electrons. The van der Waals surface area contributed by atoms with Crippen molar-refractivity contribution in [3.05, 3.63) is 29.8 Å². The van der Waals surface area contributed by atoms with E-state index in [4.69, 9.17) is 21.1 Å². The van der Waals surface area contributed by atoms with Gasteiger partial charge in [-0.05, 0) is 13.0 Å². The number of carbonyl (C=O) groups is 1. The maximum absolute atomic E-state index is 11.4. The van der Waals surface area contributed by atoms with Crippen molar-refractivity contribution < 1.29 is 14.3 Å². The molecule has 0 heterocycles. The average molecular weight is 229 g/mol. The fraction of sp³-hybridized carbons (Fsp3) is 0.364. The molecule has 1 aromatic carbocycles. The largest absolute Gasteiger partial charge is 0.496 e. The molecule has 1 rings (SSSR count). The lowest BCUT2D eigenvalue weighted by Gasteiger charge is -2.12. The summed E-state index contributed by atoms with van der Waals surface area (Å²) in [5.41, 5.74) is 0.625. The lowest BCUT2D eigenvalue weighted by atomic mass is 10.1. The number of rotatable bonds is 4. The molecule has 0 saturated carbocycles. The molecule has 0 bridgehead atoms. The Morgan fingerprint density at radius 2 is 2.13 bits per heavy atom. The first-order valence-corrected chi connectivity index (χ1v) is 5.08. The topological polar surface area (TPSA) is 35.5 Å². The minimum atomic E-state index is -0.818. The normalized spacial score (nSPS) is 11.9. The summed E-state index contributed by atoms with van der Waals surface area (Å²) in [6, 6.07) is 7.11. The summed E-state index contributed by atoms with van der Waals surface area (Å²) in [5.74, 6) is 0.134. The Balaban J connectivity index is 2.89. The van der Waals surface area contributed by atoms with Crippen LogP contribution in [0.5, 0.6) is 5.75 Å². The van der Waals surface area contributed by atoms with Gasteiger partial charge in [-0.25, -0.2) is 0 Å². The molecule has 0 amide bonds. The third-order valence-electron chi connectivity index (χ3n) is 1.91. The van der Waals surface area contributed by atoms with Crippen molar-refractivity contribution in [2.75, 3.05) is 13.7 Å². The molecule has 0 aromatic heterocycles. The van der Waals surface area contributed by atoms with Gasteiger partial charge in [0.05, 0.1) is 13.7 Å². The predicted molar refractivity (Wildman–Crippen MR) is 58.2 cm³/mol. The molecule has 15 heavy (non-hydrogen) atoms. The van der Waals surface area contributed by atoms with Gasteiger partial charge in [0.1, 0.15) is 5.75 Å². The number of carbonyl (C=O) groups excluding carboxylic acids is 1. The number of hydrogen-bond acceptors (Lipinski definition) is 3. The van der Waals surface area contributed by atoms with Crippen LogP contribution in [0.3, 0.4) is 0 Å². The zero-order valence-electron chi connectivity index (χ0n) is 8.70. The van der Waals surface area contributed by atoms with Gasteiger partial charge < -0.3 is 9.47 Å². The molecule has 0 fully saturated rings. The maximum Gasteiger partial charge on any atom is 0.328 e. The van der Waals surface area contributed by atoms with Crippen molar-refractivity contribution in [1.29, 1.82) is 0 Å². The number of esters is 1. The Bertz CT molecular complexity index is 338. The number of ether oxygens (including phenoxy) is 2. The molecule has 0 aliphatic heterocycles. The van der Waals surface area contributed by atoms with Crippen molar-refractivity contribution in [3.63, 3.8) is 0 Å². The van der Waals surface area contributed by atoms with E-state index in [1.54, 1.807) is 25.1 Å². The zero-order chi connectivity index (χ0) is 11.3. The van der Waals surface area contributed by atoms with Crippen molar-refractivity contribution in [3.8, 4) is 5.75 Å². The minimum absolute atomic E-state index is 0.317. The van der Waals surface area contributed by atoms with E-state index in [0.717, 1.165) is 0 Å². The van der Waals surface area contributed by atoms with Gasteiger partial charge in [-0.1, -0.05) is 18.2 Å². The summed E-state index contributed by atoms with van der Waals surface area (Å²) in [5, 5.41) is -0.818. The molecule has 1 atom stereocenters. The number of methoxy groups -OCH3 is 1. The number of benzene rings is 1. The van der Waals surface area contributed by atoms with E-state index >= 15 is 0 Å². The van der Waals surface area contributed by atoms with Crippen molar-refractivity contribution in [1.82, 2.24) is 0 Å². The van der Waals surface area contributed by atoms with Crippen LogP contribution in [0.15, 0.2) is 24.3 Å². The molecule has 0 saturated heterocycles. The first-order valence-electron chi connectivity index (χ1n) is 4.64. The Morgan fingerprint density at radius 1 is 1.47 bits per heavy atom. The van der Waals surface area contributed by atoms with Crippen molar-refractivity contribution in [2.24, 2.45) is 0 Å². The third kappa shape index (κ3) is 2.86. The molecule has 1 unspecified atom stereocenters. The van der Waals surface area contributed by atoms with E-state index in [1.807, 2.05) is 6.07 Å². The molecule has 0 spiro atoms. The standard InChI is InChI=1S/C11H13ClO3/c1-3-15-11(13)10(12)8-6-4-5-7-9(8)14-2/h4-7,10H,3H2,1-2H3. The van der Waals surface area contributed by atoms with Gasteiger partial charge in [0.15, 0.2) is 5.38 Å². The van der Waals surface area contributed by atoms with Crippen LogP contribution in [-0.2, 0) is 9.53 Å². The molecule has 3 nitrogen and oxygen atoms in total. The summed E-state index contributed by atoms with van der Waals surface area (Å²) in [6.07, 6.45) is 0. The molecule has 82 valence electrons. The predicted octanol–water partition coefficient (Wildman–Crippen LogP) is 2.54. The Morgan fingerprint density at radius 3 is 2.73 bits per heavy atom. The highest BCUT2D eigenvalue weighted by Gasteiger charge is 2.21. The van der Waals surface area contributed by atoms with Gasteiger partial charge in [-0.3, -0.25) is 4.79 Å². The molecule has 0 aliphatic rings. The van der Waals surface area contributed by atoms with E-state index in [1.165, 1.54) is 7.11 Å². The smallest absolute Gasteiger partial charge is 0.328 e. The van der Waals surface area contributed by atoms with Gasteiger partial charge in [0, 0.05) is 5.56 Å². The number of hydrogen-bond donors (Lipinski definition) is 0. The summed E-state index contributed by atoms with van der Waals surface area (Å²) in [6.45, 7) is 2.06. The molecule has 4 heteroatoms. The summed E-state index contributed by atoms with van der Waals surface area (Å²) >= 11 is 5.96. The van der Waals surface area contributed by atoms with E-state index in [2.05, 4.69) is 0 Å². The lowest BCUT2D eigenvalue weighted by Crippen LogP contribution is -2.11. The Hall–Kier alpha value is -1.22. The first kappa shape index (κ1) is 11.9. The van der Waals surface area contributed by atoms with E-state index in [-0.39, 0.29) is 0 Å². The lowest BCUT2D eigenvalue weighted by molar-refractivity contribution is -0.142. The Kier molecular flexibility index (Phi) is 4.43. The second kappa shape index (κ2) is 5.61. The quantitative estimate of drug-likeness (QED) is 0.587. The molecule has 0 aliphatic carbocycles. The summed E-state index contributed by atoms with van der Waals surface area (Å²) in [7, 11) is 1.54. The third-order valence-corrected chi connectivity index (χ3v) is 2.32. The highest BCUT2D eigenvalue weighted by atomic mass is 35.5. The van der Waals surface area contributed by atoms with Crippen LogP contribution in [0, 0.1) is 0 Å². The molecular weight excluding hydrogens is 216 g/mol. The van der Waals surface area contributed by atoms with Crippen molar-refractivity contribution in [2.45, 2.75) is 12.3 Å². The first-order chi connectivity index (χ1) is 7.20. The maximum atomic E-state index is 11.4. The second-order valence-corrected chi connectivity index (χ2v) is 3.29. The van der Waals surface area contributed by atoms with Crippen LogP contribution in [0.4, 0.5) is 0 Å². The Labute approximate surface area is 93.9 Å². The average Bonchev–Trinajstić information content (AvgIpc) is 2.28. The number of para-hydroxylation sites is 1. The molecular formula is C11H13ClO3. The number of alkyl halides is 1. The second-order valence-electron chi connectivity index (χ2n) is 2.86. The van der Waals surface area contributed by atoms with Crippen LogP contribution >= 0.6 is 11.6 Å². The van der Waals surface area contributed by atoms with Crippen LogP contribution in [-0.4, -0.2) is 19.7 Å². The van der Waals surface area contributed by atoms with Gasteiger partial charge in [-0.2, -0.15) is 0 Å². The highest BCUT2D eigenvalue weighted by Crippen LogP contribution is 2.30. The van der Waals surface area contributed by atoms with Crippen LogP contribution in [0.2, 0.25) is 0 Å². The van der Waals surface area contributed by atoms with E-state index in [0.29, 0.717) is 17.9 Å². The van der Waals surface area contributed by atoms with E-state index in [9.17, 15) is 4.79 Å². The number of halogens is 1. The highest BCUT2D eigenvalue weighted by molar-refractivity contribution is 6.30. The van der Waals surface area contributed by atoms with E-state index < -0.39 is 11.3 Å². The molecule has 1 aromatic rings. The van der Waals surface area contributed by atoms with Crippen LogP contribution < -0.4 is 4.74 Å². The van der Waals surface area contributed by atoms with Crippen LogP contribution in [0.1, 0.15) is 17.9 Å². The fourth-order valence-electron chi connectivity index (χ4n) is 1.22. The van der Waals surface area contributed by atoms with Gasteiger partial charge in [0.2, 0.25) is 0 Å². The van der Waals surface area contributed by atoms with Gasteiger partial charge >= 0.3 is 5.97 Å². The molecule has 0 N–H and O–H groups in total. The summed E-state index contributed by atoms with van der Waals surface area (Å²) < 4.78 is 9.93. The minimum Gasteiger partial charge on any atom is -0.496 e. The zero-order valence-corrected chi connectivity index (χ0v) is 9.45.